The summed E-state index contributed by atoms with van der Waals surface area (Å²) >= 11 is 5.75. The summed E-state index contributed by atoms with van der Waals surface area (Å²) in [6.07, 6.45) is 3.29. The third-order valence-electron chi connectivity index (χ3n) is 4.30. The Balaban J connectivity index is 1.83. The van der Waals surface area contributed by atoms with Crippen molar-refractivity contribution in [3.8, 4) is 0 Å². The molecule has 25 heavy (non-hydrogen) atoms. The summed E-state index contributed by atoms with van der Waals surface area (Å²) in [5.41, 5.74) is 2.80. The zero-order valence-electron chi connectivity index (χ0n) is 13.8. The van der Waals surface area contributed by atoms with E-state index in [-0.39, 0.29) is 23.0 Å². The van der Waals surface area contributed by atoms with Crippen LogP contribution in [0.15, 0.2) is 24.4 Å². The molecule has 0 spiro atoms. The molecule has 3 N–H and O–H groups in total. The Hall–Kier alpha value is -2.54. The molecule has 3 amide bonds. The monoisotopic (exact) mass is 364 g/mol. The Bertz CT molecular complexity index is 849. The van der Waals surface area contributed by atoms with E-state index in [2.05, 4.69) is 16.0 Å². The lowest BCUT2D eigenvalue weighted by atomic mass is 10.1. The topological polar surface area (TPSA) is 75.2 Å². The summed E-state index contributed by atoms with van der Waals surface area (Å²) in [6, 6.07) is 3.65. The number of nitrogens with zero attached hydrogens (tertiary/aromatic N) is 1. The molecule has 0 bridgehead atoms. The quantitative estimate of drug-likeness (QED) is 0.783. The van der Waals surface area contributed by atoms with Crippen LogP contribution in [0.3, 0.4) is 0 Å². The summed E-state index contributed by atoms with van der Waals surface area (Å²) in [5.74, 6) is -0.838. The van der Waals surface area contributed by atoms with Crippen molar-refractivity contribution in [1.82, 2.24) is 15.2 Å². The second-order valence-electron chi connectivity index (χ2n) is 5.92. The Morgan fingerprint density at radius 1 is 1.36 bits per heavy atom. The fraction of sp³-hybridized carbons (Fsp3) is 0.294. The molecule has 1 atom stereocenters. The zero-order valence-corrected chi connectivity index (χ0v) is 14.6. The van der Waals surface area contributed by atoms with Gasteiger partial charge in [0, 0.05) is 26.0 Å². The first-order valence-electron chi connectivity index (χ1n) is 7.83. The van der Waals surface area contributed by atoms with Gasteiger partial charge in [-0.2, -0.15) is 0 Å². The molecular formula is C17H18ClFN4O2. The van der Waals surface area contributed by atoms with Crippen molar-refractivity contribution < 1.29 is 14.0 Å². The van der Waals surface area contributed by atoms with Gasteiger partial charge in [0.25, 0.3) is 5.91 Å². The highest BCUT2D eigenvalue weighted by molar-refractivity contribution is 6.31. The van der Waals surface area contributed by atoms with E-state index in [0.29, 0.717) is 17.8 Å². The fourth-order valence-electron chi connectivity index (χ4n) is 3.15. The van der Waals surface area contributed by atoms with Crippen LogP contribution < -0.4 is 16.0 Å². The van der Waals surface area contributed by atoms with Crippen molar-refractivity contribution in [3.63, 3.8) is 0 Å². The molecule has 6 nitrogen and oxygen atoms in total. The maximum absolute atomic E-state index is 13.2. The van der Waals surface area contributed by atoms with Crippen LogP contribution in [0.1, 0.15) is 34.1 Å². The highest BCUT2D eigenvalue weighted by Crippen LogP contribution is 2.35. The van der Waals surface area contributed by atoms with Gasteiger partial charge in [0.1, 0.15) is 11.5 Å². The number of anilines is 1. The lowest BCUT2D eigenvalue weighted by Crippen LogP contribution is -2.34. The SMILES string of the molecule is CNC(=O)NC1CCc2c1cn(C)c2C(=O)Nc1ccc(F)c(Cl)c1. The molecule has 0 fully saturated rings. The molecule has 8 heteroatoms. The van der Waals surface area contributed by atoms with Gasteiger partial charge in [0.05, 0.1) is 11.1 Å². The highest BCUT2D eigenvalue weighted by atomic mass is 35.5. The molecular weight excluding hydrogens is 347 g/mol. The van der Waals surface area contributed by atoms with Crippen LogP contribution in [0.25, 0.3) is 0 Å². The number of hydrogen-bond acceptors (Lipinski definition) is 2. The van der Waals surface area contributed by atoms with Crippen molar-refractivity contribution in [3.05, 3.63) is 52.1 Å². The standard InChI is InChI=1S/C17H18ClFN4O2/c1-20-17(25)22-14-6-4-10-11(14)8-23(2)15(10)16(24)21-9-3-5-13(19)12(18)7-9/h3,5,7-8,14H,4,6H2,1-2H3,(H,21,24)(H2,20,22,25). The van der Waals surface area contributed by atoms with E-state index < -0.39 is 5.82 Å². The molecule has 1 heterocycles. The number of benzene rings is 1. The van der Waals surface area contributed by atoms with Gasteiger partial charge in [-0.15, -0.1) is 0 Å². The minimum atomic E-state index is -0.539. The van der Waals surface area contributed by atoms with E-state index in [1.165, 1.54) is 18.2 Å². The normalized spacial score (nSPS) is 15.6. The van der Waals surface area contributed by atoms with Gasteiger partial charge in [-0.1, -0.05) is 11.6 Å². The first kappa shape index (κ1) is 17.3. The number of hydrogen-bond donors (Lipinski definition) is 3. The van der Waals surface area contributed by atoms with Crippen LogP contribution in [0.2, 0.25) is 5.02 Å². The van der Waals surface area contributed by atoms with Gasteiger partial charge in [-0.05, 0) is 42.2 Å². The Morgan fingerprint density at radius 2 is 2.12 bits per heavy atom. The Kier molecular flexibility index (Phi) is 4.67. The Morgan fingerprint density at radius 3 is 2.80 bits per heavy atom. The van der Waals surface area contributed by atoms with Gasteiger partial charge in [0.2, 0.25) is 0 Å². The summed E-state index contributed by atoms with van der Waals surface area (Å²) < 4.78 is 15.0. The fourth-order valence-corrected chi connectivity index (χ4v) is 3.33. The zero-order chi connectivity index (χ0) is 18.1. The lowest BCUT2D eigenvalue weighted by molar-refractivity contribution is 0.101. The largest absolute Gasteiger partial charge is 0.346 e. The second kappa shape index (κ2) is 6.76. The van der Waals surface area contributed by atoms with E-state index in [1.807, 2.05) is 6.20 Å². The molecule has 0 saturated carbocycles. The summed E-state index contributed by atoms with van der Waals surface area (Å²) in [4.78, 5) is 24.2. The molecule has 1 aromatic heterocycles. The summed E-state index contributed by atoms with van der Waals surface area (Å²) in [5, 5.41) is 8.09. The van der Waals surface area contributed by atoms with Crippen LogP contribution in [-0.4, -0.2) is 23.6 Å². The van der Waals surface area contributed by atoms with E-state index in [1.54, 1.807) is 18.7 Å². The van der Waals surface area contributed by atoms with Crippen molar-refractivity contribution in [1.29, 1.82) is 0 Å². The summed E-state index contributed by atoms with van der Waals surface area (Å²) in [6.45, 7) is 0. The van der Waals surface area contributed by atoms with Crippen LogP contribution in [0.5, 0.6) is 0 Å². The number of carbonyl (C=O) groups excluding carboxylic acids is 2. The van der Waals surface area contributed by atoms with Crippen molar-refractivity contribution in [2.45, 2.75) is 18.9 Å². The lowest BCUT2D eigenvalue weighted by Gasteiger charge is -2.12. The van der Waals surface area contributed by atoms with E-state index in [0.717, 1.165) is 17.5 Å². The second-order valence-corrected chi connectivity index (χ2v) is 6.33. The van der Waals surface area contributed by atoms with Gasteiger partial charge in [-0.3, -0.25) is 4.79 Å². The van der Waals surface area contributed by atoms with E-state index in [9.17, 15) is 14.0 Å². The van der Waals surface area contributed by atoms with E-state index in [4.69, 9.17) is 11.6 Å². The smallest absolute Gasteiger partial charge is 0.315 e. The molecule has 0 radical (unpaired) electrons. The van der Waals surface area contributed by atoms with Crippen LogP contribution >= 0.6 is 11.6 Å². The molecule has 1 aliphatic rings. The Labute approximate surface area is 149 Å². The first-order valence-corrected chi connectivity index (χ1v) is 8.21. The van der Waals surface area contributed by atoms with Crippen molar-refractivity contribution in [2.24, 2.45) is 7.05 Å². The maximum atomic E-state index is 13.2. The molecule has 132 valence electrons. The van der Waals surface area contributed by atoms with Crippen LogP contribution in [-0.2, 0) is 13.5 Å². The molecule has 2 aromatic rings. The number of carbonyl (C=O) groups is 2. The average molecular weight is 365 g/mol. The number of fused-ring (bicyclic) bond motifs is 1. The van der Waals surface area contributed by atoms with Crippen LogP contribution in [0.4, 0.5) is 14.9 Å². The third kappa shape index (κ3) is 3.32. The molecule has 1 aliphatic carbocycles. The van der Waals surface area contributed by atoms with Gasteiger partial charge in [0.15, 0.2) is 0 Å². The summed E-state index contributed by atoms with van der Waals surface area (Å²) in [7, 11) is 3.34. The maximum Gasteiger partial charge on any atom is 0.315 e. The first-order chi connectivity index (χ1) is 11.9. The van der Waals surface area contributed by atoms with Crippen molar-refractivity contribution >= 4 is 29.2 Å². The predicted octanol–water partition coefficient (Wildman–Crippen LogP) is 2.99. The molecule has 0 saturated heterocycles. The molecule has 1 aromatic carbocycles. The number of rotatable bonds is 3. The third-order valence-corrected chi connectivity index (χ3v) is 4.59. The van der Waals surface area contributed by atoms with Crippen LogP contribution in [0, 0.1) is 5.82 Å². The molecule has 0 aliphatic heterocycles. The van der Waals surface area contributed by atoms with Gasteiger partial charge >= 0.3 is 6.03 Å². The molecule has 3 rings (SSSR count). The molecule has 1 unspecified atom stereocenters. The highest BCUT2D eigenvalue weighted by Gasteiger charge is 2.31. The number of amides is 3. The number of urea groups is 1. The minimum Gasteiger partial charge on any atom is -0.346 e. The number of halogens is 2. The van der Waals surface area contributed by atoms with Crippen molar-refractivity contribution in [2.75, 3.05) is 12.4 Å². The van der Waals surface area contributed by atoms with Gasteiger partial charge in [-0.25, -0.2) is 9.18 Å². The number of aryl methyl sites for hydroxylation is 1. The number of aromatic nitrogens is 1. The number of nitrogens with one attached hydrogen (secondary N) is 3. The minimum absolute atomic E-state index is 0.0512. The van der Waals surface area contributed by atoms with Gasteiger partial charge < -0.3 is 20.5 Å². The van der Waals surface area contributed by atoms with E-state index >= 15 is 0 Å². The predicted molar refractivity (Wildman–Crippen MR) is 93.4 cm³/mol. The average Bonchev–Trinajstić information content (AvgIpc) is 3.09.